The Labute approximate surface area is 154 Å². The second kappa shape index (κ2) is 7.97. The van der Waals surface area contributed by atoms with Crippen molar-refractivity contribution in [3.63, 3.8) is 0 Å². The number of hydrogen-bond acceptors (Lipinski definition) is 5. The number of aromatic nitrogens is 2. The maximum atomic E-state index is 5.45. The zero-order valence-corrected chi connectivity index (χ0v) is 15.5. The highest BCUT2D eigenvalue weighted by atomic mass is 16.5. The molecule has 134 valence electrons. The molecule has 1 unspecified atom stereocenters. The fourth-order valence-corrected chi connectivity index (χ4v) is 2.59. The third-order valence-electron chi connectivity index (χ3n) is 4.15. The first-order chi connectivity index (χ1) is 12.6. The van der Waals surface area contributed by atoms with E-state index in [-0.39, 0.29) is 6.10 Å². The number of aryl methyl sites for hydroxylation is 1. The first kappa shape index (κ1) is 17.9. The smallest absolute Gasteiger partial charge is 0.161 e. The molecular weight excluding hydrogens is 326 g/mol. The molecule has 0 radical (unpaired) electrons. The standard InChI is InChI=1S/C21H23N3O2/c1-14-6-5-7-16(12-14)21-23-19(15(2)25-3)13-20(24-21)22-17-8-10-18(26-4)11-9-17/h5-13,15H,1-4H3,(H,22,23,24). The van der Waals surface area contributed by atoms with Gasteiger partial charge in [-0.05, 0) is 44.2 Å². The van der Waals surface area contributed by atoms with E-state index < -0.39 is 0 Å². The van der Waals surface area contributed by atoms with E-state index in [0.29, 0.717) is 5.82 Å². The topological polar surface area (TPSA) is 56.3 Å². The highest BCUT2D eigenvalue weighted by Gasteiger charge is 2.12. The lowest BCUT2D eigenvalue weighted by Crippen LogP contribution is -2.05. The summed E-state index contributed by atoms with van der Waals surface area (Å²) in [7, 11) is 3.33. The molecule has 1 atom stereocenters. The molecule has 0 aliphatic rings. The number of rotatable bonds is 6. The number of nitrogens with zero attached hydrogens (tertiary/aromatic N) is 2. The van der Waals surface area contributed by atoms with Crippen LogP contribution in [-0.2, 0) is 4.74 Å². The molecule has 2 aromatic carbocycles. The summed E-state index contributed by atoms with van der Waals surface area (Å²) in [6.07, 6.45) is -0.127. The molecule has 0 aliphatic heterocycles. The number of ether oxygens (including phenoxy) is 2. The van der Waals surface area contributed by atoms with Gasteiger partial charge in [0.05, 0.1) is 18.9 Å². The van der Waals surface area contributed by atoms with Crippen molar-refractivity contribution >= 4 is 11.5 Å². The normalized spacial score (nSPS) is 11.8. The Morgan fingerprint density at radius 3 is 2.38 bits per heavy atom. The molecule has 0 amide bonds. The van der Waals surface area contributed by atoms with Gasteiger partial charge in [-0.3, -0.25) is 0 Å². The van der Waals surface area contributed by atoms with Crippen molar-refractivity contribution < 1.29 is 9.47 Å². The van der Waals surface area contributed by atoms with Crippen molar-refractivity contribution in [3.8, 4) is 17.1 Å². The number of nitrogens with one attached hydrogen (secondary N) is 1. The quantitative estimate of drug-likeness (QED) is 0.685. The minimum absolute atomic E-state index is 0.127. The molecule has 0 saturated carbocycles. The van der Waals surface area contributed by atoms with Gasteiger partial charge < -0.3 is 14.8 Å². The number of methoxy groups -OCH3 is 2. The van der Waals surface area contributed by atoms with Crippen molar-refractivity contribution in [1.82, 2.24) is 9.97 Å². The minimum atomic E-state index is -0.127. The van der Waals surface area contributed by atoms with Crippen LogP contribution in [0.1, 0.15) is 24.3 Å². The van der Waals surface area contributed by atoms with Crippen LogP contribution < -0.4 is 10.1 Å². The maximum absolute atomic E-state index is 5.45. The third-order valence-corrected chi connectivity index (χ3v) is 4.15. The third kappa shape index (κ3) is 4.18. The van der Waals surface area contributed by atoms with Crippen molar-refractivity contribution in [1.29, 1.82) is 0 Å². The Morgan fingerprint density at radius 1 is 0.962 bits per heavy atom. The molecular formula is C21H23N3O2. The van der Waals surface area contributed by atoms with E-state index in [1.165, 1.54) is 5.56 Å². The van der Waals surface area contributed by atoms with Crippen LogP contribution in [0.2, 0.25) is 0 Å². The maximum Gasteiger partial charge on any atom is 0.161 e. The number of benzene rings is 2. The van der Waals surface area contributed by atoms with E-state index in [0.717, 1.165) is 28.5 Å². The van der Waals surface area contributed by atoms with E-state index >= 15 is 0 Å². The summed E-state index contributed by atoms with van der Waals surface area (Å²) in [5, 5.41) is 3.34. The molecule has 0 saturated heterocycles. The lowest BCUT2D eigenvalue weighted by Gasteiger charge is -2.14. The average molecular weight is 349 g/mol. The Morgan fingerprint density at radius 2 is 1.73 bits per heavy atom. The molecule has 1 N–H and O–H groups in total. The monoisotopic (exact) mass is 349 g/mol. The molecule has 0 bridgehead atoms. The summed E-state index contributed by atoms with van der Waals surface area (Å²) in [6, 6.07) is 17.8. The second-order valence-corrected chi connectivity index (χ2v) is 6.10. The highest BCUT2D eigenvalue weighted by Crippen LogP contribution is 2.25. The summed E-state index contributed by atoms with van der Waals surface area (Å²) in [5.41, 5.74) is 3.90. The summed E-state index contributed by atoms with van der Waals surface area (Å²) in [5.74, 6) is 2.21. The van der Waals surface area contributed by atoms with E-state index in [1.54, 1.807) is 14.2 Å². The van der Waals surface area contributed by atoms with Crippen LogP contribution in [0.3, 0.4) is 0 Å². The van der Waals surface area contributed by atoms with Crippen LogP contribution in [0, 0.1) is 6.92 Å². The largest absolute Gasteiger partial charge is 0.497 e. The molecule has 0 fully saturated rings. The molecule has 3 rings (SSSR count). The summed E-state index contributed by atoms with van der Waals surface area (Å²) >= 11 is 0. The lowest BCUT2D eigenvalue weighted by atomic mass is 10.1. The molecule has 5 nitrogen and oxygen atoms in total. The van der Waals surface area contributed by atoms with Gasteiger partial charge in [0.25, 0.3) is 0 Å². The van der Waals surface area contributed by atoms with Gasteiger partial charge in [0.15, 0.2) is 5.82 Å². The van der Waals surface area contributed by atoms with Crippen LogP contribution >= 0.6 is 0 Å². The molecule has 3 aromatic rings. The second-order valence-electron chi connectivity index (χ2n) is 6.10. The molecule has 5 heteroatoms. The van der Waals surface area contributed by atoms with Crippen LogP contribution in [-0.4, -0.2) is 24.2 Å². The Kier molecular flexibility index (Phi) is 5.49. The van der Waals surface area contributed by atoms with E-state index in [1.807, 2.05) is 49.4 Å². The average Bonchev–Trinajstić information content (AvgIpc) is 2.67. The van der Waals surface area contributed by atoms with Crippen LogP contribution in [0.5, 0.6) is 5.75 Å². The van der Waals surface area contributed by atoms with Gasteiger partial charge >= 0.3 is 0 Å². The highest BCUT2D eigenvalue weighted by molar-refractivity contribution is 5.62. The van der Waals surface area contributed by atoms with Crippen LogP contribution in [0.15, 0.2) is 54.6 Å². The Bertz CT molecular complexity index is 879. The van der Waals surface area contributed by atoms with Gasteiger partial charge in [-0.15, -0.1) is 0 Å². The van der Waals surface area contributed by atoms with E-state index in [9.17, 15) is 0 Å². The van der Waals surface area contributed by atoms with Crippen molar-refractivity contribution in [2.24, 2.45) is 0 Å². The van der Waals surface area contributed by atoms with E-state index in [4.69, 9.17) is 14.5 Å². The Hall–Kier alpha value is -2.92. The SMILES string of the molecule is COc1ccc(Nc2cc(C(C)OC)nc(-c3cccc(C)c3)n2)cc1. The van der Waals surface area contributed by atoms with Gasteiger partial charge in [0.1, 0.15) is 11.6 Å². The zero-order valence-electron chi connectivity index (χ0n) is 15.5. The number of anilines is 2. The van der Waals surface area contributed by atoms with Gasteiger partial charge in [-0.2, -0.15) is 0 Å². The van der Waals surface area contributed by atoms with Crippen LogP contribution in [0.4, 0.5) is 11.5 Å². The van der Waals surface area contributed by atoms with Crippen molar-refractivity contribution in [3.05, 3.63) is 65.9 Å². The number of hydrogen-bond donors (Lipinski definition) is 1. The minimum Gasteiger partial charge on any atom is -0.497 e. The predicted molar refractivity (Wildman–Crippen MR) is 104 cm³/mol. The summed E-state index contributed by atoms with van der Waals surface area (Å²) in [6.45, 7) is 4.03. The first-order valence-corrected chi connectivity index (χ1v) is 8.49. The van der Waals surface area contributed by atoms with Gasteiger partial charge in [-0.1, -0.05) is 23.8 Å². The van der Waals surface area contributed by atoms with Gasteiger partial charge in [0.2, 0.25) is 0 Å². The molecule has 1 heterocycles. The summed E-state index contributed by atoms with van der Waals surface area (Å²) in [4.78, 5) is 9.38. The zero-order chi connectivity index (χ0) is 18.5. The molecule has 0 aliphatic carbocycles. The molecule has 26 heavy (non-hydrogen) atoms. The Balaban J connectivity index is 1.99. The lowest BCUT2D eigenvalue weighted by molar-refractivity contribution is 0.116. The summed E-state index contributed by atoms with van der Waals surface area (Å²) < 4.78 is 10.7. The van der Waals surface area contributed by atoms with E-state index in [2.05, 4.69) is 29.4 Å². The predicted octanol–water partition coefficient (Wildman–Crippen LogP) is 4.91. The van der Waals surface area contributed by atoms with Crippen LogP contribution in [0.25, 0.3) is 11.4 Å². The molecule has 1 aromatic heterocycles. The fraction of sp³-hybridized carbons (Fsp3) is 0.238. The van der Waals surface area contributed by atoms with Gasteiger partial charge in [0, 0.05) is 24.4 Å². The van der Waals surface area contributed by atoms with Gasteiger partial charge in [-0.25, -0.2) is 9.97 Å². The van der Waals surface area contributed by atoms with Crippen molar-refractivity contribution in [2.45, 2.75) is 20.0 Å². The van der Waals surface area contributed by atoms with Crippen molar-refractivity contribution in [2.75, 3.05) is 19.5 Å². The fourth-order valence-electron chi connectivity index (χ4n) is 2.59. The first-order valence-electron chi connectivity index (χ1n) is 8.49. The molecule has 0 spiro atoms.